The molecule has 1 atom stereocenters. The van der Waals surface area contributed by atoms with E-state index in [0.29, 0.717) is 11.8 Å². The van der Waals surface area contributed by atoms with E-state index in [0.717, 1.165) is 15.1 Å². The van der Waals surface area contributed by atoms with E-state index in [1.807, 2.05) is 18.2 Å². The predicted octanol–water partition coefficient (Wildman–Crippen LogP) is 3.14. The lowest BCUT2D eigenvalue weighted by atomic mass is 10.2. The average Bonchev–Trinajstić information content (AvgIpc) is 2.35. The summed E-state index contributed by atoms with van der Waals surface area (Å²) in [4.78, 5) is 25.5. The number of carbonyl (C=O) groups excluding carboxylic acids is 1. The number of carboxylic acids is 1. The highest BCUT2D eigenvalue weighted by Crippen LogP contribution is 2.40. The van der Waals surface area contributed by atoms with E-state index < -0.39 is 5.97 Å². The highest BCUT2D eigenvalue weighted by Gasteiger charge is 2.27. The second-order valence-corrected chi connectivity index (χ2v) is 6.83. The van der Waals surface area contributed by atoms with Crippen LogP contribution in [0, 0.1) is 0 Å². The van der Waals surface area contributed by atoms with Crippen LogP contribution >= 0.6 is 27.7 Å². The molecule has 0 saturated carbocycles. The molecular weight excluding hydrogens is 330 g/mol. The van der Waals surface area contributed by atoms with Crippen molar-refractivity contribution in [3.8, 4) is 0 Å². The van der Waals surface area contributed by atoms with Crippen LogP contribution in [0.15, 0.2) is 27.6 Å². The third-order valence-electron chi connectivity index (χ3n) is 2.83. The number of hydrogen-bond acceptors (Lipinski definition) is 3. The molecule has 0 fully saturated rings. The largest absolute Gasteiger partial charge is 0.481 e. The molecule has 1 aliphatic heterocycles. The van der Waals surface area contributed by atoms with Gasteiger partial charge in [-0.1, -0.05) is 22.9 Å². The van der Waals surface area contributed by atoms with Crippen LogP contribution < -0.4 is 4.90 Å². The summed E-state index contributed by atoms with van der Waals surface area (Å²) in [6.07, 6.45) is -0.0845. The summed E-state index contributed by atoms with van der Waals surface area (Å²) in [5.74, 6) is -1.07. The first-order chi connectivity index (χ1) is 8.97. The van der Waals surface area contributed by atoms with Gasteiger partial charge in [0, 0.05) is 27.6 Å². The minimum absolute atomic E-state index is 0.0404. The van der Waals surface area contributed by atoms with Crippen molar-refractivity contribution in [1.82, 2.24) is 0 Å². The molecule has 0 saturated heterocycles. The molecule has 1 amide bonds. The number of halogens is 1. The quantitative estimate of drug-likeness (QED) is 0.915. The van der Waals surface area contributed by atoms with E-state index in [1.165, 1.54) is 0 Å². The predicted molar refractivity (Wildman–Crippen MR) is 78.7 cm³/mol. The van der Waals surface area contributed by atoms with Crippen LogP contribution in [0.2, 0.25) is 0 Å². The number of thioether (sulfide) groups is 1. The Kier molecular flexibility index (Phi) is 4.52. The Morgan fingerprint density at radius 3 is 2.89 bits per heavy atom. The molecule has 0 spiro atoms. The molecule has 0 aliphatic carbocycles. The van der Waals surface area contributed by atoms with Gasteiger partial charge in [0.2, 0.25) is 5.91 Å². The molecule has 1 unspecified atom stereocenters. The van der Waals surface area contributed by atoms with Gasteiger partial charge < -0.3 is 10.0 Å². The first-order valence-corrected chi connectivity index (χ1v) is 7.63. The Labute approximate surface area is 124 Å². The van der Waals surface area contributed by atoms with Gasteiger partial charge in [-0.15, -0.1) is 11.8 Å². The van der Waals surface area contributed by atoms with Crippen molar-refractivity contribution in [1.29, 1.82) is 0 Å². The Morgan fingerprint density at radius 1 is 1.47 bits per heavy atom. The summed E-state index contributed by atoms with van der Waals surface area (Å²) in [7, 11) is 0. The maximum Gasteiger partial charge on any atom is 0.303 e. The highest BCUT2D eigenvalue weighted by atomic mass is 79.9. The number of rotatable bonds is 3. The Bertz CT molecular complexity index is 521. The number of carboxylic acid groups (broad SMARTS) is 1. The number of anilines is 1. The molecule has 102 valence electrons. The molecule has 6 heteroatoms. The zero-order valence-corrected chi connectivity index (χ0v) is 12.8. The van der Waals surface area contributed by atoms with Gasteiger partial charge >= 0.3 is 5.97 Å². The van der Waals surface area contributed by atoms with Gasteiger partial charge in [-0.2, -0.15) is 0 Å². The smallest absolute Gasteiger partial charge is 0.303 e. The van der Waals surface area contributed by atoms with Crippen molar-refractivity contribution in [2.24, 2.45) is 0 Å². The topological polar surface area (TPSA) is 57.6 Å². The van der Waals surface area contributed by atoms with E-state index in [-0.39, 0.29) is 18.7 Å². The summed E-state index contributed by atoms with van der Waals surface area (Å²) < 4.78 is 0.914. The van der Waals surface area contributed by atoms with Gasteiger partial charge in [0.15, 0.2) is 0 Å². The van der Waals surface area contributed by atoms with Gasteiger partial charge in [-0.3, -0.25) is 9.59 Å². The molecule has 4 nitrogen and oxygen atoms in total. The Balaban J connectivity index is 2.24. The number of hydrogen-bond donors (Lipinski definition) is 1. The standard InChI is InChI=1S/C13H14BrNO3S/c1-8-7-15(12(16)4-5-13(17)18)10-6-9(14)2-3-11(10)19-8/h2-3,6,8H,4-5,7H2,1H3,(H,17,18). The molecule has 1 aromatic carbocycles. The monoisotopic (exact) mass is 343 g/mol. The number of carbonyl (C=O) groups is 2. The normalized spacial score (nSPS) is 18.0. The van der Waals surface area contributed by atoms with Crippen LogP contribution in [0.1, 0.15) is 19.8 Å². The Hall–Kier alpha value is -1.01. The van der Waals surface area contributed by atoms with Crippen LogP contribution in [0.25, 0.3) is 0 Å². The van der Waals surface area contributed by atoms with Gasteiger partial charge in [-0.25, -0.2) is 0 Å². The van der Waals surface area contributed by atoms with Crippen molar-refractivity contribution in [2.45, 2.75) is 29.9 Å². The van der Waals surface area contributed by atoms with Crippen molar-refractivity contribution < 1.29 is 14.7 Å². The van der Waals surface area contributed by atoms with Crippen molar-refractivity contribution in [2.75, 3.05) is 11.4 Å². The second-order valence-electron chi connectivity index (χ2n) is 4.44. The molecular formula is C13H14BrNO3S. The van der Waals surface area contributed by atoms with Crippen LogP contribution in [0.5, 0.6) is 0 Å². The molecule has 0 bridgehead atoms. The van der Waals surface area contributed by atoms with E-state index in [9.17, 15) is 9.59 Å². The average molecular weight is 344 g/mol. The molecule has 1 aliphatic rings. The summed E-state index contributed by atoms with van der Waals surface area (Å²) >= 11 is 5.14. The third-order valence-corrected chi connectivity index (χ3v) is 4.48. The van der Waals surface area contributed by atoms with Crippen molar-refractivity contribution in [3.05, 3.63) is 22.7 Å². The van der Waals surface area contributed by atoms with Gasteiger partial charge in [0.05, 0.1) is 12.1 Å². The van der Waals surface area contributed by atoms with Gasteiger partial charge in [0.1, 0.15) is 0 Å². The number of amides is 1. The summed E-state index contributed by atoms with van der Waals surface area (Å²) in [6.45, 7) is 2.68. The number of fused-ring (bicyclic) bond motifs is 1. The van der Waals surface area contributed by atoms with E-state index >= 15 is 0 Å². The molecule has 2 rings (SSSR count). The van der Waals surface area contributed by atoms with E-state index in [4.69, 9.17) is 5.11 Å². The molecule has 1 heterocycles. The molecule has 1 N–H and O–H groups in total. The fraction of sp³-hybridized carbons (Fsp3) is 0.385. The van der Waals surface area contributed by atoms with Gasteiger partial charge in [0.25, 0.3) is 0 Å². The van der Waals surface area contributed by atoms with Crippen molar-refractivity contribution >= 4 is 45.3 Å². The fourth-order valence-corrected chi connectivity index (χ4v) is 3.44. The first kappa shape index (κ1) is 14.4. The van der Waals surface area contributed by atoms with Crippen LogP contribution in [-0.4, -0.2) is 28.8 Å². The SMILES string of the molecule is CC1CN(C(=O)CCC(=O)O)c2cc(Br)ccc2S1. The lowest BCUT2D eigenvalue weighted by molar-refractivity contribution is -0.138. The number of aliphatic carboxylic acids is 1. The van der Waals surface area contributed by atoms with Gasteiger partial charge in [-0.05, 0) is 18.2 Å². The minimum atomic E-state index is -0.942. The lowest BCUT2D eigenvalue weighted by Gasteiger charge is -2.32. The zero-order chi connectivity index (χ0) is 14.0. The summed E-state index contributed by atoms with van der Waals surface area (Å²) in [6, 6.07) is 5.84. The molecule has 0 radical (unpaired) electrons. The van der Waals surface area contributed by atoms with E-state index in [1.54, 1.807) is 16.7 Å². The van der Waals surface area contributed by atoms with Crippen LogP contribution in [0.4, 0.5) is 5.69 Å². The maximum absolute atomic E-state index is 12.2. The number of benzene rings is 1. The number of nitrogens with zero attached hydrogens (tertiary/aromatic N) is 1. The van der Waals surface area contributed by atoms with Crippen molar-refractivity contribution in [3.63, 3.8) is 0 Å². The zero-order valence-electron chi connectivity index (χ0n) is 10.4. The third kappa shape index (κ3) is 3.51. The maximum atomic E-state index is 12.2. The highest BCUT2D eigenvalue weighted by molar-refractivity contribution is 9.10. The molecule has 19 heavy (non-hydrogen) atoms. The molecule has 0 aromatic heterocycles. The second kappa shape index (κ2) is 5.96. The lowest BCUT2D eigenvalue weighted by Crippen LogP contribution is -2.38. The minimum Gasteiger partial charge on any atom is -0.481 e. The van der Waals surface area contributed by atoms with E-state index in [2.05, 4.69) is 22.9 Å². The van der Waals surface area contributed by atoms with Crippen LogP contribution in [-0.2, 0) is 9.59 Å². The summed E-state index contributed by atoms with van der Waals surface area (Å²) in [5.41, 5.74) is 0.868. The fourth-order valence-electron chi connectivity index (χ4n) is 2.00. The Morgan fingerprint density at radius 2 is 2.21 bits per heavy atom. The first-order valence-electron chi connectivity index (χ1n) is 5.95. The van der Waals surface area contributed by atoms with Crippen LogP contribution in [0.3, 0.4) is 0 Å². The molecule has 1 aromatic rings. The summed E-state index contributed by atoms with van der Waals surface area (Å²) in [5, 5.41) is 8.98.